The van der Waals surface area contributed by atoms with Crippen LogP contribution in [0.3, 0.4) is 0 Å². The number of para-hydroxylation sites is 1. The van der Waals surface area contributed by atoms with Crippen molar-refractivity contribution in [3.63, 3.8) is 0 Å². The Labute approximate surface area is 122 Å². The molecule has 4 nitrogen and oxygen atoms in total. The minimum absolute atomic E-state index is 0.281. The van der Waals surface area contributed by atoms with Crippen LogP contribution in [0.1, 0.15) is 5.56 Å². The van der Waals surface area contributed by atoms with E-state index < -0.39 is 0 Å². The predicted octanol–water partition coefficient (Wildman–Crippen LogP) is 3.12. The van der Waals surface area contributed by atoms with Crippen LogP contribution in [0.15, 0.2) is 36.4 Å². The second kappa shape index (κ2) is 4.77. The van der Waals surface area contributed by atoms with E-state index in [2.05, 4.69) is 4.98 Å². The number of nitrogens with two attached hydrogens (primary N) is 1. The van der Waals surface area contributed by atoms with Crippen LogP contribution in [-0.4, -0.2) is 23.6 Å². The van der Waals surface area contributed by atoms with Gasteiger partial charge in [0.05, 0.1) is 11.2 Å². The number of aryl methyl sites for hydroxylation is 1. The molecule has 0 saturated carbocycles. The van der Waals surface area contributed by atoms with Gasteiger partial charge in [0.1, 0.15) is 5.52 Å². The number of nitrogens with zero attached hydrogens (tertiary/aromatic N) is 3. The predicted molar refractivity (Wildman–Crippen MR) is 84.5 cm³/mol. The quantitative estimate of drug-likeness (QED) is 0.786. The van der Waals surface area contributed by atoms with Crippen molar-refractivity contribution in [1.29, 1.82) is 0 Å². The van der Waals surface area contributed by atoms with Gasteiger partial charge in [0.25, 0.3) is 0 Å². The van der Waals surface area contributed by atoms with Gasteiger partial charge >= 0.3 is 0 Å². The highest BCUT2D eigenvalue weighted by Crippen LogP contribution is 2.28. The maximum Gasteiger partial charge on any atom is 0.206 e. The van der Waals surface area contributed by atoms with E-state index in [1.165, 1.54) is 6.07 Å². The lowest BCUT2D eigenvalue weighted by Gasteiger charge is -2.17. The molecule has 0 saturated heterocycles. The molecule has 108 valence electrons. The Morgan fingerprint density at radius 2 is 1.95 bits per heavy atom. The number of nitrogen functional groups attached to an aromatic ring is 1. The first kappa shape index (κ1) is 13.4. The summed E-state index contributed by atoms with van der Waals surface area (Å²) in [6.07, 6.45) is 0. The number of benzene rings is 2. The minimum atomic E-state index is -0.363. The summed E-state index contributed by atoms with van der Waals surface area (Å²) in [6, 6.07) is 10.9. The summed E-state index contributed by atoms with van der Waals surface area (Å²) < 4.78 is 15.6. The molecule has 0 amide bonds. The van der Waals surface area contributed by atoms with Crippen LogP contribution in [0.4, 0.5) is 16.0 Å². The molecule has 1 heterocycles. The molecular formula is C16H17FN4. The number of imidazole rings is 1. The van der Waals surface area contributed by atoms with Crippen molar-refractivity contribution in [1.82, 2.24) is 9.55 Å². The lowest BCUT2D eigenvalue weighted by Crippen LogP contribution is -2.11. The first-order chi connectivity index (χ1) is 9.99. The van der Waals surface area contributed by atoms with Gasteiger partial charge in [0, 0.05) is 19.8 Å². The summed E-state index contributed by atoms with van der Waals surface area (Å²) in [5, 5.41) is 0. The van der Waals surface area contributed by atoms with Crippen LogP contribution in [0.25, 0.3) is 16.7 Å². The van der Waals surface area contributed by atoms with Gasteiger partial charge in [-0.15, -0.1) is 0 Å². The van der Waals surface area contributed by atoms with Gasteiger partial charge in [-0.05, 0) is 36.8 Å². The zero-order valence-corrected chi connectivity index (χ0v) is 12.3. The molecule has 0 aliphatic rings. The maximum atomic E-state index is 13.8. The van der Waals surface area contributed by atoms with Crippen molar-refractivity contribution in [2.75, 3.05) is 24.7 Å². The molecule has 0 aliphatic carbocycles. The number of anilines is 2. The molecule has 0 unspecified atom stereocenters. The van der Waals surface area contributed by atoms with Gasteiger partial charge in [-0.25, -0.2) is 9.37 Å². The van der Waals surface area contributed by atoms with E-state index in [1.807, 2.05) is 50.2 Å². The lowest BCUT2D eigenvalue weighted by atomic mass is 10.1. The van der Waals surface area contributed by atoms with Gasteiger partial charge < -0.3 is 10.6 Å². The molecule has 3 aromatic rings. The second-order valence-corrected chi connectivity index (χ2v) is 5.28. The van der Waals surface area contributed by atoms with E-state index in [-0.39, 0.29) is 11.8 Å². The summed E-state index contributed by atoms with van der Waals surface area (Å²) in [5.41, 5.74) is 10.1. The number of halogens is 1. The second-order valence-electron chi connectivity index (χ2n) is 5.28. The van der Waals surface area contributed by atoms with Crippen molar-refractivity contribution in [3.05, 3.63) is 47.8 Å². The zero-order chi connectivity index (χ0) is 15.1. The molecule has 0 atom stereocenters. The highest BCUT2D eigenvalue weighted by Gasteiger charge is 2.14. The Morgan fingerprint density at radius 3 is 2.67 bits per heavy atom. The first-order valence-electron chi connectivity index (χ1n) is 6.70. The average molecular weight is 284 g/mol. The average Bonchev–Trinajstić information content (AvgIpc) is 2.77. The molecule has 3 rings (SSSR count). The van der Waals surface area contributed by atoms with Crippen LogP contribution in [0.2, 0.25) is 0 Å². The molecule has 0 fully saturated rings. The van der Waals surface area contributed by atoms with Crippen LogP contribution in [0.5, 0.6) is 0 Å². The SMILES string of the molecule is Cc1ccc(-n2c(N)nc3c(F)cccc32)cc1N(C)C. The van der Waals surface area contributed by atoms with E-state index >= 15 is 0 Å². The number of aromatic nitrogens is 2. The van der Waals surface area contributed by atoms with Crippen LogP contribution < -0.4 is 10.6 Å². The molecule has 0 aliphatic heterocycles. The van der Waals surface area contributed by atoms with Gasteiger partial charge in [0.15, 0.2) is 5.82 Å². The molecule has 2 aromatic carbocycles. The van der Waals surface area contributed by atoms with Gasteiger partial charge in [-0.1, -0.05) is 12.1 Å². The summed E-state index contributed by atoms with van der Waals surface area (Å²) in [5.74, 6) is -0.0819. The molecule has 21 heavy (non-hydrogen) atoms. The summed E-state index contributed by atoms with van der Waals surface area (Å²) >= 11 is 0. The smallest absolute Gasteiger partial charge is 0.206 e. The summed E-state index contributed by atoms with van der Waals surface area (Å²) in [6.45, 7) is 2.05. The van der Waals surface area contributed by atoms with Crippen LogP contribution >= 0.6 is 0 Å². The monoisotopic (exact) mass is 284 g/mol. The van der Waals surface area contributed by atoms with Crippen molar-refractivity contribution in [2.45, 2.75) is 6.92 Å². The highest BCUT2D eigenvalue weighted by atomic mass is 19.1. The fourth-order valence-corrected chi connectivity index (χ4v) is 2.57. The van der Waals surface area contributed by atoms with Crippen molar-refractivity contribution in [2.24, 2.45) is 0 Å². The van der Waals surface area contributed by atoms with Crippen molar-refractivity contribution in [3.8, 4) is 5.69 Å². The summed E-state index contributed by atoms with van der Waals surface area (Å²) in [7, 11) is 3.97. The zero-order valence-electron chi connectivity index (χ0n) is 12.3. The van der Waals surface area contributed by atoms with E-state index in [4.69, 9.17) is 5.73 Å². The standard InChI is InChI=1S/C16H17FN4/c1-10-7-8-11(9-14(10)20(2)3)21-13-6-4-5-12(17)15(13)19-16(21)18/h4-9H,1-3H3,(H2,18,19). The molecular weight excluding hydrogens is 267 g/mol. The van der Waals surface area contributed by atoms with Gasteiger partial charge in [-0.3, -0.25) is 4.57 Å². The van der Waals surface area contributed by atoms with Crippen LogP contribution in [-0.2, 0) is 0 Å². The summed E-state index contributed by atoms with van der Waals surface area (Å²) in [4.78, 5) is 6.17. The van der Waals surface area contributed by atoms with E-state index in [0.717, 1.165) is 16.9 Å². The van der Waals surface area contributed by atoms with E-state index in [0.29, 0.717) is 11.0 Å². The number of rotatable bonds is 2. The molecule has 5 heteroatoms. The Kier molecular flexibility index (Phi) is 3.05. The number of hydrogen-bond acceptors (Lipinski definition) is 3. The molecule has 1 aromatic heterocycles. The first-order valence-corrected chi connectivity index (χ1v) is 6.70. The Bertz CT molecular complexity index is 821. The molecule has 2 N–H and O–H groups in total. The van der Waals surface area contributed by atoms with Gasteiger partial charge in [-0.2, -0.15) is 0 Å². The Balaban J connectivity index is 2.28. The van der Waals surface area contributed by atoms with Crippen molar-refractivity contribution < 1.29 is 4.39 Å². The molecule has 0 radical (unpaired) electrons. The van der Waals surface area contributed by atoms with E-state index in [1.54, 1.807) is 10.6 Å². The van der Waals surface area contributed by atoms with Gasteiger partial charge in [0.2, 0.25) is 5.95 Å². The Morgan fingerprint density at radius 1 is 1.19 bits per heavy atom. The fraction of sp³-hybridized carbons (Fsp3) is 0.188. The Hall–Kier alpha value is -2.56. The lowest BCUT2D eigenvalue weighted by molar-refractivity contribution is 0.637. The highest BCUT2D eigenvalue weighted by molar-refractivity contribution is 5.81. The third kappa shape index (κ3) is 2.11. The normalized spacial score (nSPS) is 11.0. The number of fused-ring (bicyclic) bond motifs is 1. The molecule has 0 spiro atoms. The van der Waals surface area contributed by atoms with E-state index in [9.17, 15) is 4.39 Å². The largest absolute Gasteiger partial charge is 0.377 e. The molecule has 0 bridgehead atoms. The third-order valence-corrected chi connectivity index (χ3v) is 3.59. The number of hydrogen-bond donors (Lipinski definition) is 1. The maximum absolute atomic E-state index is 13.8. The third-order valence-electron chi connectivity index (χ3n) is 3.59. The van der Waals surface area contributed by atoms with Crippen LogP contribution in [0, 0.1) is 12.7 Å². The minimum Gasteiger partial charge on any atom is -0.377 e. The van der Waals surface area contributed by atoms with Crippen molar-refractivity contribution >= 4 is 22.7 Å². The topological polar surface area (TPSA) is 47.1 Å². The fourth-order valence-electron chi connectivity index (χ4n) is 2.57.